The van der Waals surface area contributed by atoms with Crippen LogP contribution in [0.5, 0.6) is 5.75 Å². The van der Waals surface area contributed by atoms with E-state index < -0.39 is 12.0 Å². The highest BCUT2D eigenvalue weighted by Crippen LogP contribution is 2.37. The Bertz CT molecular complexity index is 1490. The van der Waals surface area contributed by atoms with E-state index in [1.807, 2.05) is 55.5 Å². The summed E-state index contributed by atoms with van der Waals surface area (Å²) in [4.78, 5) is 17.5. The molecule has 1 atom stereocenters. The van der Waals surface area contributed by atoms with Gasteiger partial charge in [0.25, 0.3) is 0 Å². The molecule has 2 heterocycles. The lowest BCUT2D eigenvalue weighted by molar-refractivity contribution is -0.136. The molecule has 1 aliphatic rings. The fourth-order valence-electron chi connectivity index (χ4n) is 4.14. The Balaban J connectivity index is 1.40. The summed E-state index contributed by atoms with van der Waals surface area (Å²) >= 11 is 13.8. The number of allylic oxidation sites excluding steroid dienone is 1. The topological polar surface area (TPSA) is 78.3 Å². The third-order valence-corrected chi connectivity index (χ3v) is 7.55. The highest BCUT2D eigenvalue weighted by molar-refractivity contribution is 7.98. The molecule has 4 aromatic rings. The molecule has 1 unspecified atom stereocenters. The summed E-state index contributed by atoms with van der Waals surface area (Å²) in [6.45, 7) is 2.13. The number of benzene rings is 3. The number of ether oxygens (including phenoxy) is 2. The van der Waals surface area contributed by atoms with E-state index in [4.69, 9.17) is 37.8 Å². The van der Waals surface area contributed by atoms with Crippen LogP contribution in [-0.4, -0.2) is 27.8 Å². The van der Waals surface area contributed by atoms with E-state index in [0.717, 1.165) is 16.9 Å². The number of rotatable bonds is 8. The SMILES string of the molecule is COC(=O)C1=C(C)Nc2nc(SCc3ccccc3)nn2C1c1ccc(OCc2ccc(Cl)cc2Cl)cc1. The largest absolute Gasteiger partial charge is 0.489 e. The average Bonchev–Trinajstić information content (AvgIpc) is 3.33. The van der Waals surface area contributed by atoms with Crippen molar-refractivity contribution in [3.63, 3.8) is 0 Å². The van der Waals surface area contributed by atoms with Crippen molar-refractivity contribution in [2.45, 2.75) is 30.5 Å². The second kappa shape index (κ2) is 11.5. The Hall–Kier alpha value is -3.46. The van der Waals surface area contributed by atoms with Crippen molar-refractivity contribution >= 4 is 46.9 Å². The minimum atomic E-state index is -0.517. The molecule has 0 saturated carbocycles. The first kappa shape index (κ1) is 26.2. The maximum atomic E-state index is 12.8. The highest BCUT2D eigenvalue weighted by atomic mass is 35.5. The van der Waals surface area contributed by atoms with Crippen molar-refractivity contribution in [1.29, 1.82) is 0 Å². The van der Waals surface area contributed by atoms with Crippen molar-refractivity contribution in [2.24, 2.45) is 0 Å². The van der Waals surface area contributed by atoms with E-state index in [1.54, 1.807) is 16.8 Å². The summed E-state index contributed by atoms with van der Waals surface area (Å²) in [6.07, 6.45) is 0. The van der Waals surface area contributed by atoms with Crippen LogP contribution in [0.15, 0.2) is 89.2 Å². The Morgan fingerprint density at radius 1 is 1.08 bits per heavy atom. The molecule has 7 nitrogen and oxygen atoms in total. The first-order chi connectivity index (χ1) is 18.4. The van der Waals surface area contributed by atoms with Gasteiger partial charge in [-0.15, -0.1) is 5.10 Å². The van der Waals surface area contributed by atoms with E-state index in [1.165, 1.54) is 24.4 Å². The molecule has 0 bridgehead atoms. The molecule has 3 aromatic carbocycles. The second-order valence-electron chi connectivity index (χ2n) is 8.59. The third-order valence-electron chi connectivity index (χ3n) is 6.05. The van der Waals surface area contributed by atoms with Crippen molar-refractivity contribution in [3.05, 3.63) is 111 Å². The molecule has 0 radical (unpaired) electrons. The van der Waals surface area contributed by atoms with Crippen molar-refractivity contribution in [1.82, 2.24) is 14.8 Å². The van der Waals surface area contributed by atoms with E-state index in [-0.39, 0.29) is 0 Å². The zero-order valence-electron chi connectivity index (χ0n) is 20.7. The number of esters is 1. The number of fused-ring (bicyclic) bond motifs is 1. The lowest BCUT2D eigenvalue weighted by Crippen LogP contribution is -2.29. The number of halogens is 2. The van der Waals surface area contributed by atoms with Crippen LogP contribution in [0.25, 0.3) is 0 Å². The number of hydrogen-bond donors (Lipinski definition) is 1. The fourth-order valence-corrected chi connectivity index (χ4v) is 5.39. The Morgan fingerprint density at radius 2 is 1.84 bits per heavy atom. The van der Waals surface area contributed by atoms with Crippen LogP contribution in [0.1, 0.15) is 29.7 Å². The van der Waals surface area contributed by atoms with Crippen LogP contribution in [0.2, 0.25) is 10.0 Å². The van der Waals surface area contributed by atoms with Gasteiger partial charge in [0.2, 0.25) is 11.1 Å². The Kier molecular flexibility index (Phi) is 7.93. The number of aromatic nitrogens is 3. The van der Waals surface area contributed by atoms with Gasteiger partial charge in [0.05, 0.1) is 12.7 Å². The number of carbonyl (C=O) groups excluding carboxylic acids is 1. The number of thioether (sulfide) groups is 1. The molecule has 1 N–H and O–H groups in total. The maximum absolute atomic E-state index is 12.8. The molecule has 0 saturated heterocycles. The van der Waals surface area contributed by atoms with Gasteiger partial charge in [-0.2, -0.15) is 4.98 Å². The number of methoxy groups -OCH3 is 1. The van der Waals surface area contributed by atoms with Crippen LogP contribution >= 0.6 is 35.0 Å². The Labute approximate surface area is 234 Å². The molecule has 0 fully saturated rings. The molecular weight excluding hydrogens is 543 g/mol. The summed E-state index contributed by atoms with van der Waals surface area (Å²) in [5, 5.41) is 9.69. The van der Waals surface area contributed by atoms with Gasteiger partial charge >= 0.3 is 5.97 Å². The summed E-state index contributed by atoms with van der Waals surface area (Å²) in [5.74, 6) is 1.52. The van der Waals surface area contributed by atoms with Crippen LogP contribution < -0.4 is 10.1 Å². The Morgan fingerprint density at radius 3 is 2.55 bits per heavy atom. The molecule has 194 valence electrons. The van der Waals surface area contributed by atoms with Gasteiger partial charge in [-0.3, -0.25) is 0 Å². The van der Waals surface area contributed by atoms with Crippen molar-refractivity contribution in [2.75, 3.05) is 12.4 Å². The van der Waals surface area contributed by atoms with Gasteiger partial charge in [-0.05, 0) is 42.3 Å². The highest BCUT2D eigenvalue weighted by Gasteiger charge is 2.35. The molecule has 10 heteroatoms. The fraction of sp³-hybridized carbons (Fsp3) is 0.179. The lowest BCUT2D eigenvalue weighted by atomic mass is 9.96. The average molecular weight is 567 g/mol. The van der Waals surface area contributed by atoms with Crippen LogP contribution in [0.3, 0.4) is 0 Å². The summed E-state index contributed by atoms with van der Waals surface area (Å²) in [6, 6.07) is 22.4. The van der Waals surface area contributed by atoms with Crippen molar-refractivity contribution in [3.8, 4) is 5.75 Å². The zero-order valence-corrected chi connectivity index (χ0v) is 23.0. The van der Waals surface area contributed by atoms with Gasteiger partial charge in [0.1, 0.15) is 18.4 Å². The molecule has 1 aliphatic heterocycles. The molecule has 5 rings (SSSR count). The van der Waals surface area contributed by atoms with Crippen LogP contribution in [0.4, 0.5) is 5.95 Å². The van der Waals surface area contributed by atoms with Gasteiger partial charge in [0, 0.05) is 27.1 Å². The van der Waals surface area contributed by atoms with Gasteiger partial charge in [0.15, 0.2) is 0 Å². The molecule has 0 aliphatic carbocycles. The number of anilines is 1. The minimum absolute atomic E-state index is 0.296. The summed E-state index contributed by atoms with van der Waals surface area (Å²) in [7, 11) is 1.37. The molecule has 38 heavy (non-hydrogen) atoms. The summed E-state index contributed by atoms with van der Waals surface area (Å²) in [5.41, 5.74) is 3.98. The van der Waals surface area contributed by atoms with Crippen LogP contribution in [-0.2, 0) is 21.9 Å². The lowest BCUT2D eigenvalue weighted by Gasteiger charge is -2.27. The van der Waals surface area contributed by atoms with Gasteiger partial charge in [-0.1, -0.05) is 83.5 Å². The monoisotopic (exact) mass is 566 g/mol. The normalized spacial score (nSPS) is 14.6. The van der Waals surface area contributed by atoms with E-state index >= 15 is 0 Å². The number of hydrogen-bond acceptors (Lipinski definition) is 7. The number of carbonyl (C=O) groups is 1. The summed E-state index contributed by atoms with van der Waals surface area (Å²) < 4.78 is 12.8. The van der Waals surface area contributed by atoms with E-state index in [2.05, 4.69) is 22.4 Å². The van der Waals surface area contributed by atoms with Gasteiger partial charge in [-0.25, -0.2) is 9.48 Å². The minimum Gasteiger partial charge on any atom is -0.489 e. The first-order valence-electron chi connectivity index (χ1n) is 11.8. The molecule has 0 amide bonds. The predicted octanol–water partition coefficient (Wildman–Crippen LogP) is 6.92. The molecular formula is C28H24Cl2N4O3S. The third kappa shape index (κ3) is 5.67. The predicted molar refractivity (Wildman–Crippen MR) is 150 cm³/mol. The number of nitrogens with one attached hydrogen (secondary N) is 1. The molecule has 0 spiro atoms. The van der Waals surface area contributed by atoms with Crippen molar-refractivity contribution < 1.29 is 14.3 Å². The van der Waals surface area contributed by atoms with E-state index in [0.29, 0.717) is 44.8 Å². The smallest absolute Gasteiger partial charge is 0.338 e. The van der Waals surface area contributed by atoms with E-state index in [9.17, 15) is 4.79 Å². The maximum Gasteiger partial charge on any atom is 0.338 e. The zero-order chi connectivity index (χ0) is 26.6. The quantitative estimate of drug-likeness (QED) is 0.183. The first-order valence-corrected chi connectivity index (χ1v) is 13.5. The van der Waals surface area contributed by atoms with Gasteiger partial charge < -0.3 is 14.8 Å². The second-order valence-corrected chi connectivity index (χ2v) is 10.4. The standard InChI is InChI=1S/C28H24Cl2N4O3S/c1-17-24(26(35)36-2)25(34-27(31-17)32-28(33-34)38-16-18-6-4-3-5-7-18)19-9-12-22(13-10-19)37-15-20-8-11-21(29)14-23(20)30/h3-14,25H,15-16H2,1-2H3,(H,31,32,33). The molecule has 1 aromatic heterocycles. The number of nitrogens with zero attached hydrogens (tertiary/aromatic N) is 3. The van der Waals surface area contributed by atoms with Crippen LogP contribution in [0, 0.1) is 0 Å².